The second-order valence-corrected chi connectivity index (χ2v) is 8.86. The van der Waals surface area contributed by atoms with Crippen LogP contribution in [0.4, 0.5) is 14.7 Å². The summed E-state index contributed by atoms with van der Waals surface area (Å²) in [6.07, 6.45) is 4.31. The standard InChI is InChI=1S/C22H24F2N6O2/c1-21-11-22(23,24)18(27-21)8-16(19(21)32-3)30(2)20-26-10-15(28-29-20)14-6-12-4-5-25-9-13(12)7-17(14)31/h4-7,9-10,16,18-19,27,31H,8,11H2,1-3H3/t16-,18+,19+,21+/m0/s1. The molecule has 0 spiro atoms. The molecule has 2 bridgehead atoms. The van der Waals surface area contributed by atoms with E-state index in [2.05, 4.69) is 25.5 Å². The Morgan fingerprint density at radius 1 is 1.22 bits per heavy atom. The number of rotatable bonds is 4. The third-order valence-electron chi connectivity index (χ3n) is 6.72. The highest BCUT2D eigenvalue weighted by atomic mass is 19.3. The summed E-state index contributed by atoms with van der Waals surface area (Å²) in [6.45, 7) is 1.77. The number of methoxy groups -OCH3 is 1. The van der Waals surface area contributed by atoms with Crippen LogP contribution in [0.1, 0.15) is 19.8 Å². The molecular weight excluding hydrogens is 418 g/mol. The van der Waals surface area contributed by atoms with Crippen LogP contribution in [-0.4, -0.2) is 69.1 Å². The molecule has 4 atom stereocenters. The molecule has 4 heterocycles. The van der Waals surface area contributed by atoms with Crippen molar-refractivity contribution >= 4 is 16.7 Å². The van der Waals surface area contributed by atoms with E-state index in [0.717, 1.165) is 10.8 Å². The number of aromatic nitrogens is 4. The number of hydrogen-bond acceptors (Lipinski definition) is 8. The number of nitrogens with one attached hydrogen (secondary N) is 1. The average molecular weight is 442 g/mol. The van der Waals surface area contributed by atoms with E-state index in [9.17, 15) is 13.9 Å². The number of ether oxygens (including phenoxy) is 1. The van der Waals surface area contributed by atoms with Gasteiger partial charge in [0.15, 0.2) is 0 Å². The molecule has 2 N–H and O–H groups in total. The van der Waals surface area contributed by atoms with Gasteiger partial charge in [-0.1, -0.05) is 0 Å². The summed E-state index contributed by atoms with van der Waals surface area (Å²) in [6, 6.07) is 3.99. The summed E-state index contributed by atoms with van der Waals surface area (Å²) < 4.78 is 34.6. The second kappa shape index (κ2) is 7.28. The molecule has 32 heavy (non-hydrogen) atoms. The van der Waals surface area contributed by atoms with E-state index in [1.54, 1.807) is 43.4 Å². The lowest BCUT2D eigenvalue weighted by molar-refractivity contribution is -0.0139. The molecule has 1 aromatic carbocycles. The molecule has 2 aliphatic heterocycles. The van der Waals surface area contributed by atoms with Gasteiger partial charge in [-0.15, -0.1) is 10.2 Å². The lowest BCUT2D eigenvalue weighted by Gasteiger charge is -2.46. The van der Waals surface area contributed by atoms with Gasteiger partial charge in [-0.2, -0.15) is 0 Å². The fourth-order valence-corrected chi connectivity index (χ4v) is 5.18. The van der Waals surface area contributed by atoms with Gasteiger partial charge >= 0.3 is 0 Å². The Hall–Kier alpha value is -2.98. The number of likely N-dealkylation sites (N-methyl/N-ethyl adjacent to an activating group) is 1. The first-order chi connectivity index (χ1) is 15.2. The summed E-state index contributed by atoms with van der Waals surface area (Å²) in [4.78, 5) is 10.2. The number of halogens is 2. The van der Waals surface area contributed by atoms with Gasteiger partial charge in [-0.3, -0.25) is 4.98 Å². The van der Waals surface area contributed by atoms with Gasteiger partial charge in [0.2, 0.25) is 5.95 Å². The van der Waals surface area contributed by atoms with Crippen LogP contribution < -0.4 is 10.2 Å². The molecule has 0 radical (unpaired) electrons. The fraction of sp³-hybridized carbons (Fsp3) is 0.455. The maximum atomic E-state index is 14.5. The van der Waals surface area contributed by atoms with Crippen molar-refractivity contribution in [2.24, 2.45) is 0 Å². The number of anilines is 1. The first kappa shape index (κ1) is 20.9. The van der Waals surface area contributed by atoms with Crippen molar-refractivity contribution in [1.29, 1.82) is 0 Å². The summed E-state index contributed by atoms with van der Waals surface area (Å²) >= 11 is 0. The van der Waals surface area contributed by atoms with Gasteiger partial charge in [0, 0.05) is 49.5 Å². The Morgan fingerprint density at radius 3 is 2.75 bits per heavy atom. The molecular formula is C22H24F2N6O2. The van der Waals surface area contributed by atoms with E-state index in [4.69, 9.17) is 4.74 Å². The van der Waals surface area contributed by atoms with E-state index in [0.29, 0.717) is 17.2 Å². The summed E-state index contributed by atoms with van der Waals surface area (Å²) in [5.41, 5.74) is 0.0596. The lowest BCUT2D eigenvalue weighted by atomic mass is 9.85. The number of piperidine rings is 1. The van der Waals surface area contributed by atoms with E-state index < -0.39 is 23.6 Å². The molecule has 0 unspecified atom stereocenters. The average Bonchev–Trinajstić information content (AvgIpc) is 2.96. The van der Waals surface area contributed by atoms with Crippen LogP contribution in [0.5, 0.6) is 5.75 Å². The SMILES string of the molecule is CO[C@@H]1[C@@H](N(C)c2ncc(-c3cc4ccncc4cc3O)nn2)C[C@H]2N[C@]1(C)CC2(F)F. The monoisotopic (exact) mass is 442 g/mol. The zero-order valence-corrected chi connectivity index (χ0v) is 18.0. The molecule has 8 nitrogen and oxygen atoms in total. The van der Waals surface area contributed by atoms with Gasteiger partial charge in [0.1, 0.15) is 11.4 Å². The maximum absolute atomic E-state index is 14.5. The third kappa shape index (κ3) is 3.25. The molecule has 2 saturated heterocycles. The molecule has 2 aromatic heterocycles. The number of pyridine rings is 1. The molecule has 0 saturated carbocycles. The lowest BCUT2D eigenvalue weighted by Crippen LogP contribution is -2.65. The number of hydrogen-bond donors (Lipinski definition) is 2. The zero-order valence-electron chi connectivity index (χ0n) is 18.0. The molecule has 5 rings (SSSR count). The Morgan fingerprint density at radius 2 is 2.03 bits per heavy atom. The number of benzene rings is 1. The van der Waals surface area contributed by atoms with Crippen LogP contribution in [0.15, 0.2) is 36.8 Å². The van der Waals surface area contributed by atoms with Gasteiger partial charge < -0.3 is 20.1 Å². The highest BCUT2D eigenvalue weighted by molar-refractivity contribution is 5.89. The number of phenolic OH excluding ortho intramolecular Hbond substituents is 1. The maximum Gasteiger partial charge on any atom is 0.265 e. The Labute approximate surface area is 183 Å². The van der Waals surface area contributed by atoms with Crippen LogP contribution in [0.3, 0.4) is 0 Å². The van der Waals surface area contributed by atoms with Gasteiger partial charge in [-0.05, 0) is 36.9 Å². The normalized spacial score (nSPS) is 28.7. The van der Waals surface area contributed by atoms with Gasteiger partial charge in [0.05, 0.1) is 24.4 Å². The minimum Gasteiger partial charge on any atom is -0.507 e. The highest BCUT2D eigenvalue weighted by Gasteiger charge is 2.63. The summed E-state index contributed by atoms with van der Waals surface area (Å²) in [7, 11) is 3.30. The van der Waals surface area contributed by atoms with Crippen molar-refractivity contribution in [3.05, 3.63) is 36.8 Å². The van der Waals surface area contributed by atoms with Crippen molar-refractivity contribution in [1.82, 2.24) is 25.5 Å². The van der Waals surface area contributed by atoms with Crippen molar-refractivity contribution < 1.29 is 18.6 Å². The Bertz CT molecular complexity index is 1160. The van der Waals surface area contributed by atoms with Crippen LogP contribution >= 0.6 is 0 Å². The first-order valence-corrected chi connectivity index (χ1v) is 10.4. The summed E-state index contributed by atoms with van der Waals surface area (Å²) in [5.74, 6) is -2.45. The van der Waals surface area contributed by atoms with E-state index in [1.807, 2.05) is 6.07 Å². The van der Waals surface area contributed by atoms with Crippen molar-refractivity contribution in [3.63, 3.8) is 0 Å². The second-order valence-electron chi connectivity index (χ2n) is 8.86. The van der Waals surface area contributed by atoms with E-state index in [-0.39, 0.29) is 24.6 Å². The molecule has 0 aliphatic carbocycles. The predicted molar refractivity (Wildman–Crippen MR) is 115 cm³/mol. The number of fused-ring (bicyclic) bond motifs is 3. The minimum atomic E-state index is -2.80. The summed E-state index contributed by atoms with van der Waals surface area (Å²) in [5, 5.41) is 23.7. The molecule has 2 aliphatic rings. The quantitative estimate of drug-likeness (QED) is 0.637. The van der Waals surface area contributed by atoms with Gasteiger partial charge in [-0.25, -0.2) is 13.8 Å². The minimum absolute atomic E-state index is 0.0484. The number of alkyl halides is 2. The fourth-order valence-electron chi connectivity index (χ4n) is 5.18. The van der Waals surface area contributed by atoms with E-state index in [1.165, 1.54) is 13.3 Å². The Kier molecular flexibility index (Phi) is 4.75. The zero-order chi connectivity index (χ0) is 22.7. The predicted octanol–water partition coefficient (Wildman–Crippen LogP) is 2.77. The third-order valence-corrected chi connectivity index (χ3v) is 6.72. The highest BCUT2D eigenvalue weighted by Crippen LogP contribution is 2.47. The number of phenols is 1. The van der Waals surface area contributed by atoms with Crippen molar-refractivity contribution in [3.8, 4) is 17.0 Å². The van der Waals surface area contributed by atoms with Crippen LogP contribution in [0, 0.1) is 0 Å². The molecule has 10 heteroatoms. The molecule has 2 fully saturated rings. The van der Waals surface area contributed by atoms with Crippen LogP contribution in [0.2, 0.25) is 0 Å². The molecule has 3 aromatic rings. The van der Waals surface area contributed by atoms with Crippen molar-refractivity contribution in [2.75, 3.05) is 19.1 Å². The smallest absolute Gasteiger partial charge is 0.265 e. The first-order valence-electron chi connectivity index (χ1n) is 10.4. The molecule has 168 valence electrons. The van der Waals surface area contributed by atoms with Crippen LogP contribution in [-0.2, 0) is 4.74 Å². The Balaban J connectivity index is 1.44. The number of nitrogens with zero attached hydrogens (tertiary/aromatic N) is 5. The van der Waals surface area contributed by atoms with Crippen molar-refractivity contribution in [2.45, 2.75) is 49.4 Å². The van der Waals surface area contributed by atoms with Crippen LogP contribution in [0.25, 0.3) is 22.0 Å². The molecule has 0 amide bonds. The van der Waals surface area contributed by atoms with E-state index >= 15 is 0 Å². The topological polar surface area (TPSA) is 96.3 Å². The largest absolute Gasteiger partial charge is 0.507 e. The van der Waals surface area contributed by atoms with Gasteiger partial charge in [0.25, 0.3) is 5.92 Å². The number of aromatic hydroxyl groups is 1.